The van der Waals surface area contributed by atoms with Gasteiger partial charge in [-0.3, -0.25) is 0 Å². The molecule has 0 aromatic carbocycles. The summed E-state index contributed by atoms with van der Waals surface area (Å²) in [6.07, 6.45) is 12.9. The molecular formula is C22H36O. The van der Waals surface area contributed by atoms with Crippen molar-refractivity contribution < 1.29 is 5.11 Å². The van der Waals surface area contributed by atoms with E-state index in [0.29, 0.717) is 5.41 Å². The molecule has 0 bridgehead atoms. The van der Waals surface area contributed by atoms with Gasteiger partial charge in [0.05, 0.1) is 5.60 Å². The summed E-state index contributed by atoms with van der Waals surface area (Å²) in [5.41, 5.74) is 1.89. The zero-order chi connectivity index (χ0) is 16.4. The minimum atomic E-state index is -0.379. The van der Waals surface area contributed by atoms with Crippen LogP contribution < -0.4 is 0 Å². The van der Waals surface area contributed by atoms with E-state index in [1.165, 1.54) is 38.5 Å². The maximum absolute atomic E-state index is 10.5. The molecule has 1 heteroatoms. The van der Waals surface area contributed by atoms with Gasteiger partial charge in [-0.2, -0.15) is 0 Å². The van der Waals surface area contributed by atoms with Crippen LogP contribution in [0.25, 0.3) is 0 Å². The van der Waals surface area contributed by atoms with Gasteiger partial charge in [-0.15, -0.1) is 0 Å². The zero-order valence-corrected chi connectivity index (χ0v) is 15.6. The third-order valence-corrected chi connectivity index (χ3v) is 8.73. The lowest BCUT2D eigenvalue weighted by Crippen LogP contribution is -2.50. The highest BCUT2D eigenvalue weighted by atomic mass is 16.3. The second-order valence-electron chi connectivity index (χ2n) is 10.0. The predicted octanol–water partition coefficient (Wildman–Crippen LogP) is 5.58. The topological polar surface area (TPSA) is 20.2 Å². The lowest BCUT2D eigenvalue weighted by atomic mass is 9.49. The Labute approximate surface area is 142 Å². The SMILES string of the molecule is C/C=C1\C[C@@H](C)[C@H]2[C@@H]3CC[C@@H]4C[C@](C)(O)CC[C@@H]4[C@H]3CC[C@]12C. The first-order valence-electron chi connectivity index (χ1n) is 10.2. The van der Waals surface area contributed by atoms with Crippen LogP contribution in [0.15, 0.2) is 11.6 Å². The Hall–Kier alpha value is -0.300. The van der Waals surface area contributed by atoms with Gasteiger partial charge in [-0.25, -0.2) is 0 Å². The van der Waals surface area contributed by atoms with E-state index in [9.17, 15) is 5.11 Å². The third-order valence-electron chi connectivity index (χ3n) is 8.73. The molecular weight excluding hydrogens is 280 g/mol. The summed E-state index contributed by atoms with van der Waals surface area (Å²) in [5, 5.41) is 10.5. The molecule has 0 unspecified atom stereocenters. The van der Waals surface area contributed by atoms with Crippen LogP contribution in [0.5, 0.6) is 0 Å². The number of rotatable bonds is 0. The Balaban J connectivity index is 1.60. The van der Waals surface area contributed by atoms with Crippen LogP contribution in [0.3, 0.4) is 0 Å². The number of aliphatic hydroxyl groups is 1. The van der Waals surface area contributed by atoms with Crippen molar-refractivity contribution in [3.8, 4) is 0 Å². The van der Waals surface area contributed by atoms with Crippen molar-refractivity contribution in [1.82, 2.24) is 0 Å². The molecule has 4 aliphatic rings. The smallest absolute Gasteiger partial charge is 0.0622 e. The lowest BCUT2D eigenvalue weighted by Gasteiger charge is -2.57. The van der Waals surface area contributed by atoms with Crippen molar-refractivity contribution in [1.29, 1.82) is 0 Å². The molecule has 4 saturated carbocycles. The van der Waals surface area contributed by atoms with Crippen LogP contribution in [0.2, 0.25) is 0 Å². The first kappa shape index (κ1) is 16.2. The predicted molar refractivity (Wildman–Crippen MR) is 96.0 cm³/mol. The number of allylic oxidation sites excluding steroid dienone is 2. The number of hydrogen-bond acceptors (Lipinski definition) is 1. The molecule has 1 nitrogen and oxygen atoms in total. The van der Waals surface area contributed by atoms with Crippen molar-refractivity contribution in [3.05, 3.63) is 11.6 Å². The molecule has 4 fully saturated rings. The summed E-state index contributed by atoms with van der Waals surface area (Å²) in [4.78, 5) is 0. The van der Waals surface area contributed by atoms with Gasteiger partial charge < -0.3 is 5.11 Å². The van der Waals surface area contributed by atoms with Crippen molar-refractivity contribution in [2.75, 3.05) is 0 Å². The maximum Gasteiger partial charge on any atom is 0.0622 e. The lowest BCUT2D eigenvalue weighted by molar-refractivity contribution is -0.0956. The van der Waals surface area contributed by atoms with Crippen LogP contribution in [0, 0.1) is 40.9 Å². The van der Waals surface area contributed by atoms with Crippen LogP contribution in [0.4, 0.5) is 0 Å². The normalized spacial score (nSPS) is 57.7. The summed E-state index contributed by atoms with van der Waals surface area (Å²) in [6.45, 7) is 9.45. The standard InChI is InChI=1S/C22H36O/c1-5-16-12-14(2)20-19-7-6-15-13-21(3,23)10-8-17(15)18(19)9-11-22(16,20)4/h5,14-15,17-20,23H,6-13H2,1-4H3/b16-5+/t14-,15-,17+,18-,19-,20+,21-,22-/m1/s1. The average Bonchev–Trinajstić information content (AvgIpc) is 2.76. The van der Waals surface area contributed by atoms with Crippen LogP contribution in [0.1, 0.15) is 79.1 Å². The van der Waals surface area contributed by atoms with E-state index in [0.717, 1.165) is 48.3 Å². The van der Waals surface area contributed by atoms with Crippen molar-refractivity contribution >= 4 is 0 Å². The second-order valence-corrected chi connectivity index (χ2v) is 10.0. The summed E-state index contributed by atoms with van der Waals surface area (Å²) < 4.78 is 0. The average molecular weight is 317 g/mol. The van der Waals surface area contributed by atoms with Crippen LogP contribution >= 0.6 is 0 Å². The van der Waals surface area contributed by atoms with E-state index in [2.05, 4.69) is 33.8 Å². The molecule has 0 heterocycles. The fraction of sp³-hybridized carbons (Fsp3) is 0.909. The molecule has 0 amide bonds. The second kappa shape index (κ2) is 5.35. The highest BCUT2D eigenvalue weighted by molar-refractivity contribution is 5.24. The van der Waals surface area contributed by atoms with E-state index in [-0.39, 0.29) is 5.60 Å². The minimum absolute atomic E-state index is 0.379. The maximum atomic E-state index is 10.5. The van der Waals surface area contributed by atoms with E-state index in [1.54, 1.807) is 5.57 Å². The molecule has 1 N–H and O–H groups in total. The van der Waals surface area contributed by atoms with Crippen molar-refractivity contribution in [2.24, 2.45) is 40.9 Å². The third kappa shape index (κ3) is 2.36. The first-order chi connectivity index (χ1) is 10.9. The highest BCUT2D eigenvalue weighted by Crippen LogP contribution is 2.65. The molecule has 4 rings (SSSR count). The minimum Gasteiger partial charge on any atom is -0.390 e. The van der Waals surface area contributed by atoms with Gasteiger partial charge in [-0.1, -0.05) is 25.5 Å². The summed E-state index contributed by atoms with van der Waals surface area (Å²) in [5.74, 6) is 5.45. The zero-order valence-electron chi connectivity index (χ0n) is 15.6. The molecule has 8 atom stereocenters. The number of fused-ring (bicyclic) bond motifs is 5. The van der Waals surface area contributed by atoms with E-state index >= 15 is 0 Å². The van der Waals surface area contributed by atoms with Gasteiger partial charge in [0.1, 0.15) is 0 Å². The molecule has 4 aliphatic carbocycles. The Kier molecular flexibility index (Phi) is 3.76. The summed E-state index contributed by atoms with van der Waals surface area (Å²) >= 11 is 0. The van der Waals surface area contributed by atoms with Gasteiger partial charge in [0.15, 0.2) is 0 Å². The number of hydrogen-bond donors (Lipinski definition) is 1. The Morgan fingerprint density at radius 2 is 1.74 bits per heavy atom. The van der Waals surface area contributed by atoms with Gasteiger partial charge in [-0.05, 0) is 106 Å². The molecule has 0 aromatic heterocycles. The van der Waals surface area contributed by atoms with Crippen molar-refractivity contribution in [2.45, 2.75) is 84.7 Å². The van der Waals surface area contributed by atoms with E-state index < -0.39 is 0 Å². The van der Waals surface area contributed by atoms with Gasteiger partial charge in [0.25, 0.3) is 0 Å². The molecule has 0 spiro atoms. The summed E-state index contributed by atoms with van der Waals surface area (Å²) in [7, 11) is 0. The van der Waals surface area contributed by atoms with Crippen LogP contribution in [-0.4, -0.2) is 10.7 Å². The van der Waals surface area contributed by atoms with Crippen LogP contribution in [-0.2, 0) is 0 Å². The Morgan fingerprint density at radius 1 is 1.00 bits per heavy atom. The van der Waals surface area contributed by atoms with Gasteiger partial charge in [0.2, 0.25) is 0 Å². The fourth-order valence-corrected chi connectivity index (χ4v) is 7.91. The monoisotopic (exact) mass is 316 g/mol. The quantitative estimate of drug-likeness (QED) is 0.578. The largest absolute Gasteiger partial charge is 0.390 e. The van der Waals surface area contributed by atoms with E-state index in [4.69, 9.17) is 0 Å². The molecule has 0 radical (unpaired) electrons. The van der Waals surface area contributed by atoms with Gasteiger partial charge in [0, 0.05) is 0 Å². The first-order valence-corrected chi connectivity index (χ1v) is 10.2. The Morgan fingerprint density at radius 3 is 2.48 bits per heavy atom. The molecule has 23 heavy (non-hydrogen) atoms. The Bertz CT molecular complexity index is 504. The molecule has 0 aliphatic heterocycles. The molecule has 0 aromatic rings. The molecule has 130 valence electrons. The fourth-order valence-electron chi connectivity index (χ4n) is 7.91. The highest BCUT2D eigenvalue weighted by Gasteiger charge is 2.57. The van der Waals surface area contributed by atoms with Gasteiger partial charge >= 0.3 is 0 Å². The molecule has 0 saturated heterocycles. The van der Waals surface area contributed by atoms with E-state index in [1.807, 2.05) is 0 Å². The van der Waals surface area contributed by atoms with Crippen molar-refractivity contribution in [3.63, 3.8) is 0 Å². The summed E-state index contributed by atoms with van der Waals surface area (Å²) in [6, 6.07) is 0.